The number of carbonyl (C=O) groups excluding carboxylic acids is 3. The Morgan fingerprint density at radius 2 is 1.74 bits per heavy atom. The van der Waals surface area contributed by atoms with Crippen molar-refractivity contribution in [2.45, 2.75) is 40.2 Å². The number of benzene rings is 1. The molecular formula is C20H26N2O5. The molecule has 0 spiro atoms. The molecule has 1 aromatic rings. The number of allylic oxidation sites excluding steroid dienone is 1. The zero-order valence-corrected chi connectivity index (χ0v) is 16.0. The van der Waals surface area contributed by atoms with Gasteiger partial charge in [0.15, 0.2) is 5.78 Å². The molecule has 0 aromatic heterocycles. The van der Waals surface area contributed by atoms with Gasteiger partial charge in [-0.15, -0.1) is 0 Å². The molecular weight excluding hydrogens is 348 g/mol. The van der Waals surface area contributed by atoms with E-state index in [0.29, 0.717) is 0 Å². The number of hydrogen-bond donors (Lipinski definition) is 3. The third-order valence-electron chi connectivity index (χ3n) is 3.81. The molecule has 0 saturated heterocycles. The van der Waals surface area contributed by atoms with Gasteiger partial charge in [-0.3, -0.25) is 9.59 Å². The minimum absolute atomic E-state index is 0.118. The van der Waals surface area contributed by atoms with Crippen LogP contribution in [0.3, 0.4) is 0 Å². The summed E-state index contributed by atoms with van der Waals surface area (Å²) in [7, 11) is 0. The maximum Gasteiger partial charge on any atom is 0.329 e. The van der Waals surface area contributed by atoms with E-state index in [4.69, 9.17) is 10.1 Å². The Hall–Kier alpha value is -2.96. The standard InChI is InChI=1S/C20H26N2O5/c1-12(2)19(22-17(25)10-15-8-6-5-7-9-15)20(26)27-11-16(24)18(13(3)21)14(4)23/h5-9,12,19,21,24H,10-11H2,1-4H3,(H,22,25)/b18-16-,21-13?/t19-/m0/s1. The van der Waals surface area contributed by atoms with Crippen molar-refractivity contribution in [2.24, 2.45) is 5.92 Å². The lowest BCUT2D eigenvalue weighted by molar-refractivity contribution is -0.149. The summed E-state index contributed by atoms with van der Waals surface area (Å²) in [6.45, 7) is 5.55. The maximum atomic E-state index is 12.3. The monoisotopic (exact) mass is 374 g/mol. The SMILES string of the molecule is CC(=N)/C(C(C)=O)=C(/O)COC(=O)[C@@H](NC(=O)Cc1ccccc1)C(C)C. The quantitative estimate of drug-likeness (QED) is 0.265. The normalized spacial score (nSPS) is 12.8. The largest absolute Gasteiger partial charge is 0.508 e. The third kappa shape index (κ3) is 7.05. The summed E-state index contributed by atoms with van der Waals surface area (Å²) in [5.74, 6) is -2.26. The molecule has 1 aromatic carbocycles. The first-order valence-corrected chi connectivity index (χ1v) is 8.62. The second-order valence-corrected chi connectivity index (χ2v) is 6.56. The van der Waals surface area contributed by atoms with Crippen molar-refractivity contribution in [1.29, 1.82) is 5.41 Å². The fraction of sp³-hybridized carbons (Fsp3) is 0.400. The average Bonchev–Trinajstić information content (AvgIpc) is 2.57. The Kier molecular flexibility index (Phi) is 8.38. The van der Waals surface area contributed by atoms with Crippen LogP contribution >= 0.6 is 0 Å². The number of ether oxygens (including phenoxy) is 1. The summed E-state index contributed by atoms with van der Waals surface area (Å²) in [6, 6.07) is 8.23. The Morgan fingerprint density at radius 1 is 1.15 bits per heavy atom. The topological polar surface area (TPSA) is 117 Å². The summed E-state index contributed by atoms with van der Waals surface area (Å²) < 4.78 is 5.05. The molecule has 0 aliphatic rings. The van der Waals surface area contributed by atoms with Crippen LogP contribution in [0.1, 0.15) is 33.3 Å². The molecule has 0 fully saturated rings. The molecule has 1 rings (SSSR count). The van der Waals surface area contributed by atoms with E-state index in [1.54, 1.807) is 13.8 Å². The van der Waals surface area contributed by atoms with Gasteiger partial charge >= 0.3 is 5.97 Å². The molecule has 1 amide bonds. The number of Topliss-reactive ketones (excluding diaryl/α,β-unsaturated/α-hetero) is 1. The first-order valence-electron chi connectivity index (χ1n) is 8.62. The Morgan fingerprint density at radius 3 is 2.22 bits per heavy atom. The second-order valence-electron chi connectivity index (χ2n) is 6.56. The van der Waals surface area contributed by atoms with Crippen molar-refractivity contribution in [1.82, 2.24) is 5.32 Å². The van der Waals surface area contributed by atoms with E-state index < -0.39 is 30.2 Å². The zero-order chi connectivity index (χ0) is 20.6. The van der Waals surface area contributed by atoms with E-state index >= 15 is 0 Å². The predicted octanol–water partition coefficient (Wildman–Crippen LogP) is 2.35. The Balaban J connectivity index is 2.75. The van der Waals surface area contributed by atoms with Crippen molar-refractivity contribution >= 4 is 23.4 Å². The lowest BCUT2D eigenvalue weighted by Gasteiger charge is -2.21. The molecule has 0 bridgehead atoms. The van der Waals surface area contributed by atoms with E-state index in [1.807, 2.05) is 30.3 Å². The number of nitrogens with one attached hydrogen (secondary N) is 2. The van der Waals surface area contributed by atoms with E-state index in [0.717, 1.165) is 5.56 Å². The predicted molar refractivity (Wildman–Crippen MR) is 102 cm³/mol. The van der Waals surface area contributed by atoms with Gasteiger partial charge in [-0.2, -0.15) is 0 Å². The average molecular weight is 374 g/mol. The van der Waals surface area contributed by atoms with Gasteiger partial charge in [0.25, 0.3) is 0 Å². The molecule has 0 radical (unpaired) electrons. The van der Waals surface area contributed by atoms with Gasteiger partial charge in [-0.25, -0.2) is 4.79 Å². The van der Waals surface area contributed by atoms with Gasteiger partial charge in [0, 0.05) is 5.71 Å². The number of amides is 1. The zero-order valence-electron chi connectivity index (χ0n) is 16.0. The van der Waals surface area contributed by atoms with Gasteiger partial charge in [-0.1, -0.05) is 44.2 Å². The van der Waals surface area contributed by atoms with Crippen molar-refractivity contribution in [2.75, 3.05) is 6.61 Å². The molecule has 7 nitrogen and oxygen atoms in total. The number of esters is 1. The van der Waals surface area contributed by atoms with Crippen molar-refractivity contribution in [3.05, 3.63) is 47.2 Å². The third-order valence-corrected chi connectivity index (χ3v) is 3.81. The number of ketones is 1. The van der Waals surface area contributed by atoms with Gasteiger partial charge in [0.2, 0.25) is 5.91 Å². The molecule has 0 aliphatic carbocycles. The molecule has 27 heavy (non-hydrogen) atoms. The highest BCUT2D eigenvalue weighted by Crippen LogP contribution is 2.09. The van der Waals surface area contributed by atoms with Gasteiger partial charge in [0.1, 0.15) is 18.4 Å². The number of hydrogen-bond acceptors (Lipinski definition) is 6. The van der Waals surface area contributed by atoms with E-state index in [2.05, 4.69) is 5.32 Å². The molecule has 0 saturated carbocycles. The van der Waals surface area contributed by atoms with Gasteiger partial charge in [0.05, 0.1) is 12.0 Å². The number of carbonyl (C=O) groups is 3. The summed E-state index contributed by atoms with van der Waals surface area (Å²) in [6.07, 6.45) is 0.129. The summed E-state index contributed by atoms with van der Waals surface area (Å²) in [4.78, 5) is 36.0. The Bertz CT molecular complexity index is 722. The first-order chi connectivity index (χ1) is 12.6. The molecule has 0 unspecified atom stereocenters. The molecule has 1 atom stereocenters. The summed E-state index contributed by atoms with van der Waals surface area (Å²) in [5, 5.41) is 20.1. The molecule has 0 aliphatic heterocycles. The highest BCUT2D eigenvalue weighted by Gasteiger charge is 2.26. The van der Waals surface area contributed by atoms with Crippen LogP contribution in [0.4, 0.5) is 0 Å². The first kappa shape index (κ1) is 22.1. The van der Waals surface area contributed by atoms with Crippen molar-refractivity contribution < 1.29 is 24.2 Å². The second kappa shape index (κ2) is 10.3. The van der Waals surface area contributed by atoms with Crippen molar-refractivity contribution in [3.63, 3.8) is 0 Å². The fourth-order valence-electron chi connectivity index (χ4n) is 2.49. The number of rotatable bonds is 9. The minimum atomic E-state index is -0.893. The van der Waals surface area contributed by atoms with Crippen LogP contribution in [-0.4, -0.2) is 41.1 Å². The van der Waals surface area contributed by atoms with Crippen LogP contribution in [0.5, 0.6) is 0 Å². The molecule has 7 heteroatoms. The summed E-state index contributed by atoms with van der Waals surface area (Å²) >= 11 is 0. The van der Waals surface area contributed by atoms with Crippen molar-refractivity contribution in [3.8, 4) is 0 Å². The highest BCUT2D eigenvalue weighted by atomic mass is 16.5. The van der Waals surface area contributed by atoms with Gasteiger partial charge < -0.3 is 20.6 Å². The van der Waals surface area contributed by atoms with Crippen LogP contribution in [0.15, 0.2) is 41.7 Å². The lowest BCUT2D eigenvalue weighted by atomic mass is 10.0. The van der Waals surface area contributed by atoms with Crippen LogP contribution in [0, 0.1) is 11.3 Å². The fourth-order valence-corrected chi connectivity index (χ4v) is 2.49. The smallest absolute Gasteiger partial charge is 0.329 e. The number of aliphatic hydroxyl groups excluding tert-OH is 1. The molecule has 3 N–H and O–H groups in total. The van der Waals surface area contributed by atoms with Crippen LogP contribution in [0.25, 0.3) is 0 Å². The van der Waals surface area contributed by atoms with Crippen LogP contribution in [0.2, 0.25) is 0 Å². The van der Waals surface area contributed by atoms with Gasteiger partial charge in [-0.05, 0) is 25.3 Å². The lowest BCUT2D eigenvalue weighted by Crippen LogP contribution is -2.46. The van der Waals surface area contributed by atoms with E-state index in [-0.39, 0.29) is 29.5 Å². The van der Waals surface area contributed by atoms with Crippen LogP contribution < -0.4 is 5.32 Å². The molecule has 0 heterocycles. The maximum absolute atomic E-state index is 12.3. The Labute approximate surface area is 158 Å². The minimum Gasteiger partial charge on any atom is -0.508 e. The number of aliphatic hydroxyl groups is 1. The van der Waals surface area contributed by atoms with E-state index in [1.165, 1.54) is 13.8 Å². The highest BCUT2D eigenvalue weighted by molar-refractivity contribution is 6.19. The van der Waals surface area contributed by atoms with Crippen LogP contribution in [-0.2, 0) is 25.5 Å². The molecule has 146 valence electrons. The summed E-state index contributed by atoms with van der Waals surface area (Å²) in [5.41, 5.74) is 0.517. The van der Waals surface area contributed by atoms with E-state index in [9.17, 15) is 19.5 Å².